The van der Waals surface area contributed by atoms with E-state index >= 15 is 0 Å². The molecule has 0 saturated carbocycles. The zero-order chi connectivity index (χ0) is 8.55. The Morgan fingerprint density at radius 3 is 3.25 bits per heavy atom. The van der Waals surface area contributed by atoms with Crippen molar-refractivity contribution in [3.63, 3.8) is 0 Å². The fourth-order valence-electron chi connectivity index (χ4n) is 1.59. The topological polar surface area (TPSA) is 43.1 Å². The van der Waals surface area contributed by atoms with Crippen LogP contribution in [0.3, 0.4) is 0 Å². The van der Waals surface area contributed by atoms with E-state index in [-0.39, 0.29) is 11.2 Å². The lowest BCUT2D eigenvalue weighted by atomic mass is 10.00. The van der Waals surface area contributed by atoms with E-state index in [9.17, 15) is 4.79 Å². The first-order chi connectivity index (χ1) is 5.77. The first-order valence-corrected chi connectivity index (χ1v) is 5.98. The maximum absolute atomic E-state index is 10.9. The van der Waals surface area contributed by atoms with Gasteiger partial charge >= 0.3 is 0 Å². The summed E-state index contributed by atoms with van der Waals surface area (Å²) in [5.74, 6) is 1.68. The highest BCUT2D eigenvalue weighted by molar-refractivity contribution is 8.07. The van der Waals surface area contributed by atoms with E-state index in [1.54, 1.807) is 11.8 Å². The molecule has 4 heteroatoms. The van der Waals surface area contributed by atoms with E-state index in [1.807, 2.05) is 11.8 Å². The largest absolute Gasteiger partial charge is 0.369 e. The van der Waals surface area contributed by atoms with Crippen molar-refractivity contribution >= 4 is 29.4 Å². The predicted molar refractivity (Wildman–Crippen MR) is 53.8 cm³/mol. The highest BCUT2D eigenvalue weighted by atomic mass is 32.2. The zero-order valence-electron chi connectivity index (χ0n) is 6.66. The lowest BCUT2D eigenvalue weighted by Crippen LogP contribution is -2.28. The molecule has 0 aromatic carbocycles. The SMILES string of the molecule is NC(=O)C1CC2CCSC2=CS1. The van der Waals surface area contributed by atoms with Gasteiger partial charge < -0.3 is 5.73 Å². The third-order valence-corrected chi connectivity index (χ3v) is 4.82. The summed E-state index contributed by atoms with van der Waals surface area (Å²) in [6.45, 7) is 0. The minimum atomic E-state index is -0.160. The molecule has 12 heavy (non-hydrogen) atoms. The lowest BCUT2D eigenvalue weighted by Gasteiger charge is -2.21. The number of fused-ring (bicyclic) bond motifs is 1. The molecule has 0 aromatic heterocycles. The second-order valence-corrected chi connectivity index (χ2v) is 5.36. The summed E-state index contributed by atoms with van der Waals surface area (Å²) in [4.78, 5) is 12.4. The number of carbonyl (C=O) groups excluding carboxylic acids is 1. The first-order valence-electron chi connectivity index (χ1n) is 4.05. The molecule has 0 aromatic rings. The van der Waals surface area contributed by atoms with Crippen molar-refractivity contribution in [2.24, 2.45) is 11.7 Å². The highest BCUT2D eigenvalue weighted by Crippen LogP contribution is 2.45. The van der Waals surface area contributed by atoms with Gasteiger partial charge in [-0.25, -0.2) is 0 Å². The van der Waals surface area contributed by atoms with E-state index in [4.69, 9.17) is 5.73 Å². The molecule has 0 spiro atoms. The van der Waals surface area contributed by atoms with Crippen molar-refractivity contribution in [3.8, 4) is 0 Å². The second-order valence-electron chi connectivity index (χ2n) is 3.12. The van der Waals surface area contributed by atoms with Crippen LogP contribution in [0.5, 0.6) is 0 Å². The Hall–Kier alpha value is -0.0900. The Bertz CT molecular complexity index is 239. The molecule has 2 aliphatic heterocycles. The molecular weight excluding hydrogens is 190 g/mol. The number of hydrogen-bond donors (Lipinski definition) is 1. The van der Waals surface area contributed by atoms with Crippen molar-refractivity contribution in [1.82, 2.24) is 0 Å². The molecule has 1 saturated heterocycles. The molecule has 66 valence electrons. The van der Waals surface area contributed by atoms with Crippen LogP contribution in [0.15, 0.2) is 10.3 Å². The van der Waals surface area contributed by atoms with Gasteiger partial charge in [0.25, 0.3) is 0 Å². The molecule has 0 radical (unpaired) electrons. The van der Waals surface area contributed by atoms with Crippen LogP contribution in [0, 0.1) is 5.92 Å². The van der Waals surface area contributed by atoms with Crippen LogP contribution in [-0.2, 0) is 4.79 Å². The summed E-state index contributed by atoms with van der Waals surface area (Å²) in [7, 11) is 0. The summed E-state index contributed by atoms with van der Waals surface area (Å²) in [6.07, 6.45) is 2.18. The fourth-order valence-corrected chi connectivity index (χ4v) is 4.08. The average molecular weight is 201 g/mol. The number of allylic oxidation sites excluding steroid dienone is 1. The molecular formula is C8H11NOS2. The number of thioether (sulfide) groups is 2. The van der Waals surface area contributed by atoms with Crippen LogP contribution in [0.4, 0.5) is 0 Å². The van der Waals surface area contributed by atoms with E-state index in [0.717, 1.165) is 6.42 Å². The van der Waals surface area contributed by atoms with E-state index in [0.29, 0.717) is 5.92 Å². The van der Waals surface area contributed by atoms with Crippen molar-refractivity contribution in [3.05, 3.63) is 10.3 Å². The lowest BCUT2D eigenvalue weighted by molar-refractivity contribution is -0.117. The molecule has 2 atom stereocenters. The third kappa shape index (κ3) is 1.50. The standard InChI is InChI=1S/C8H11NOS2/c9-8(10)6-3-5-1-2-11-7(5)4-12-6/h4-6H,1-3H2,(H2,9,10). The molecule has 2 rings (SSSR count). The van der Waals surface area contributed by atoms with Crippen LogP contribution in [-0.4, -0.2) is 16.9 Å². The van der Waals surface area contributed by atoms with Gasteiger partial charge in [0.2, 0.25) is 5.91 Å². The van der Waals surface area contributed by atoms with Crippen LogP contribution < -0.4 is 5.73 Å². The van der Waals surface area contributed by atoms with Crippen molar-refractivity contribution < 1.29 is 4.79 Å². The number of amides is 1. The molecule has 2 nitrogen and oxygen atoms in total. The average Bonchev–Trinajstić information content (AvgIpc) is 2.49. The Morgan fingerprint density at radius 2 is 2.50 bits per heavy atom. The molecule has 2 heterocycles. The summed E-state index contributed by atoms with van der Waals surface area (Å²) in [5, 5.41) is 2.15. The maximum Gasteiger partial charge on any atom is 0.230 e. The Kier molecular flexibility index (Phi) is 2.37. The van der Waals surface area contributed by atoms with Gasteiger partial charge in [-0.05, 0) is 34.8 Å². The van der Waals surface area contributed by atoms with Crippen LogP contribution in [0.25, 0.3) is 0 Å². The predicted octanol–water partition coefficient (Wildman–Crippen LogP) is 1.57. The maximum atomic E-state index is 10.9. The number of carbonyl (C=O) groups is 1. The van der Waals surface area contributed by atoms with Crippen molar-refractivity contribution in [2.45, 2.75) is 18.1 Å². The number of rotatable bonds is 1. The molecule has 0 bridgehead atoms. The fraction of sp³-hybridized carbons (Fsp3) is 0.625. The van der Waals surface area contributed by atoms with Crippen LogP contribution in [0.1, 0.15) is 12.8 Å². The molecule has 2 N–H and O–H groups in total. The number of hydrogen-bond acceptors (Lipinski definition) is 3. The van der Waals surface area contributed by atoms with E-state index < -0.39 is 0 Å². The second kappa shape index (κ2) is 3.34. The first kappa shape index (κ1) is 8.51. The van der Waals surface area contributed by atoms with Crippen LogP contribution in [0.2, 0.25) is 0 Å². The molecule has 1 amide bonds. The molecule has 1 fully saturated rings. The quantitative estimate of drug-likeness (QED) is 0.700. The molecule has 2 unspecified atom stereocenters. The van der Waals surface area contributed by atoms with Crippen molar-refractivity contribution in [2.75, 3.05) is 5.75 Å². The van der Waals surface area contributed by atoms with E-state index in [2.05, 4.69) is 5.41 Å². The van der Waals surface area contributed by atoms with Gasteiger partial charge in [0.05, 0.1) is 5.25 Å². The van der Waals surface area contributed by atoms with Gasteiger partial charge in [-0.3, -0.25) is 4.79 Å². The normalized spacial score (nSPS) is 34.2. The van der Waals surface area contributed by atoms with Crippen LogP contribution >= 0.6 is 23.5 Å². The van der Waals surface area contributed by atoms with Gasteiger partial charge in [-0.2, -0.15) is 0 Å². The smallest absolute Gasteiger partial charge is 0.230 e. The van der Waals surface area contributed by atoms with Gasteiger partial charge in [-0.15, -0.1) is 23.5 Å². The highest BCUT2D eigenvalue weighted by Gasteiger charge is 2.31. The van der Waals surface area contributed by atoms with Crippen molar-refractivity contribution in [1.29, 1.82) is 0 Å². The molecule has 0 aliphatic carbocycles. The van der Waals surface area contributed by atoms with Gasteiger partial charge in [-0.1, -0.05) is 0 Å². The van der Waals surface area contributed by atoms with Gasteiger partial charge in [0.1, 0.15) is 0 Å². The van der Waals surface area contributed by atoms with Gasteiger partial charge in [0.15, 0.2) is 0 Å². The number of nitrogens with two attached hydrogens (primary N) is 1. The monoisotopic (exact) mass is 201 g/mol. The van der Waals surface area contributed by atoms with E-state index in [1.165, 1.54) is 17.1 Å². The molecule has 2 aliphatic rings. The number of primary amides is 1. The summed E-state index contributed by atoms with van der Waals surface area (Å²) in [6, 6.07) is 0. The third-order valence-electron chi connectivity index (χ3n) is 2.30. The summed E-state index contributed by atoms with van der Waals surface area (Å²) >= 11 is 3.52. The Labute approximate surface area is 80.3 Å². The Morgan fingerprint density at radius 1 is 1.67 bits per heavy atom. The summed E-state index contributed by atoms with van der Waals surface area (Å²) in [5.41, 5.74) is 5.25. The Balaban J connectivity index is 2.08. The minimum absolute atomic E-state index is 0.0254. The summed E-state index contributed by atoms with van der Waals surface area (Å²) < 4.78 is 0. The zero-order valence-corrected chi connectivity index (χ0v) is 8.29. The minimum Gasteiger partial charge on any atom is -0.369 e. The van der Waals surface area contributed by atoms with Gasteiger partial charge in [0, 0.05) is 0 Å².